The van der Waals surface area contributed by atoms with Crippen molar-refractivity contribution in [3.05, 3.63) is 80.7 Å². The summed E-state index contributed by atoms with van der Waals surface area (Å²) in [6.07, 6.45) is 2.52. The van der Waals surface area contributed by atoms with Crippen LogP contribution in [0, 0.1) is 18.3 Å². The number of carbonyl (C=O) groups is 2. The molecule has 10 heteroatoms. The van der Waals surface area contributed by atoms with Gasteiger partial charge in [0.2, 0.25) is 5.91 Å². The third-order valence-corrected chi connectivity index (χ3v) is 9.14. The van der Waals surface area contributed by atoms with E-state index in [0.717, 1.165) is 59.8 Å². The number of carbonyl (C=O) groups excluding carboxylic acids is 2. The van der Waals surface area contributed by atoms with Crippen molar-refractivity contribution in [2.45, 2.75) is 60.4 Å². The summed E-state index contributed by atoms with van der Waals surface area (Å²) >= 11 is 13.5. The molecule has 232 valence electrons. The minimum atomic E-state index is -0.508. The predicted octanol–water partition coefficient (Wildman–Crippen LogP) is 7.33. The smallest absolute Gasteiger partial charge is 0.259 e. The molecule has 2 N–H and O–H groups in total. The van der Waals surface area contributed by atoms with Crippen LogP contribution in [-0.2, 0) is 24.8 Å². The Balaban J connectivity index is 1.50. The van der Waals surface area contributed by atoms with E-state index in [1.807, 2.05) is 63.6 Å². The van der Waals surface area contributed by atoms with E-state index in [1.54, 1.807) is 12.1 Å². The third-order valence-electron chi connectivity index (χ3n) is 8.31. The van der Waals surface area contributed by atoms with E-state index in [1.165, 1.54) is 0 Å². The van der Waals surface area contributed by atoms with Gasteiger partial charge in [-0.1, -0.05) is 63.0 Å². The van der Waals surface area contributed by atoms with Crippen LogP contribution >= 0.6 is 23.2 Å². The van der Waals surface area contributed by atoms with Crippen molar-refractivity contribution in [1.29, 1.82) is 0 Å². The Bertz CT molecular complexity index is 1720. The van der Waals surface area contributed by atoms with Crippen molar-refractivity contribution < 1.29 is 9.59 Å². The number of benzene rings is 2. The van der Waals surface area contributed by atoms with Gasteiger partial charge >= 0.3 is 0 Å². The Kier molecular flexibility index (Phi) is 9.23. The number of aromatic nitrogens is 3. The molecule has 0 aliphatic carbocycles. The standard InChI is InChI=1S/C34H40Cl2N6O2/c1-20-12-14-42(15-13-20)27-18-28-26(16-24(27)32(43)40-29-9-7-8-21(2)38-29)39-30(41(28)6)17-23-25(35)11-10-22(31(23)36)19-37-33(44)34(3,4)5/h7-11,16,18,20H,12-15,17,19H2,1-6H3,(H,37,44)(H,38,40,43). The summed E-state index contributed by atoms with van der Waals surface area (Å²) in [4.78, 5) is 37.9. The number of piperidine rings is 1. The maximum Gasteiger partial charge on any atom is 0.259 e. The lowest BCUT2D eigenvalue weighted by molar-refractivity contribution is -0.128. The van der Waals surface area contributed by atoms with Crippen LogP contribution in [0.5, 0.6) is 0 Å². The molecule has 0 spiro atoms. The molecule has 0 atom stereocenters. The molecule has 3 heterocycles. The van der Waals surface area contributed by atoms with Crippen molar-refractivity contribution in [2.75, 3.05) is 23.3 Å². The van der Waals surface area contributed by atoms with Crippen molar-refractivity contribution in [1.82, 2.24) is 19.9 Å². The van der Waals surface area contributed by atoms with E-state index in [2.05, 4.69) is 33.5 Å². The number of aryl methyl sites for hydroxylation is 2. The predicted molar refractivity (Wildman–Crippen MR) is 179 cm³/mol. The number of anilines is 2. The average molecular weight is 636 g/mol. The molecular weight excluding hydrogens is 595 g/mol. The molecule has 2 aromatic heterocycles. The molecule has 2 amide bonds. The molecule has 0 bridgehead atoms. The fourth-order valence-electron chi connectivity index (χ4n) is 5.47. The van der Waals surface area contributed by atoms with Gasteiger partial charge in [0.15, 0.2) is 0 Å². The van der Waals surface area contributed by atoms with Crippen LogP contribution in [0.3, 0.4) is 0 Å². The Morgan fingerprint density at radius 2 is 1.77 bits per heavy atom. The van der Waals surface area contributed by atoms with Gasteiger partial charge in [-0.2, -0.15) is 0 Å². The fraction of sp³-hybridized carbons (Fsp3) is 0.412. The number of amides is 2. The average Bonchev–Trinajstić information content (AvgIpc) is 3.27. The van der Waals surface area contributed by atoms with Gasteiger partial charge in [-0.15, -0.1) is 0 Å². The van der Waals surface area contributed by atoms with Gasteiger partial charge in [0, 0.05) is 49.2 Å². The van der Waals surface area contributed by atoms with E-state index in [4.69, 9.17) is 28.2 Å². The van der Waals surface area contributed by atoms with Crippen molar-refractivity contribution >= 4 is 57.6 Å². The van der Waals surface area contributed by atoms with Gasteiger partial charge in [-0.25, -0.2) is 9.97 Å². The van der Waals surface area contributed by atoms with E-state index in [-0.39, 0.29) is 11.8 Å². The molecule has 1 aliphatic heterocycles. The first-order valence-electron chi connectivity index (χ1n) is 15.0. The number of nitrogens with one attached hydrogen (secondary N) is 2. The van der Waals surface area contributed by atoms with Gasteiger partial charge in [0.25, 0.3) is 5.91 Å². The normalized spacial score (nSPS) is 14.2. The van der Waals surface area contributed by atoms with Crippen molar-refractivity contribution in [2.24, 2.45) is 18.4 Å². The van der Waals surface area contributed by atoms with Crippen LogP contribution in [0.1, 0.15) is 73.5 Å². The molecular formula is C34H40Cl2N6O2. The number of nitrogens with zero attached hydrogens (tertiary/aromatic N) is 4. The zero-order chi connectivity index (χ0) is 31.8. The first-order chi connectivity index (χ1) is 20.8. The number of rotatable bonds is 7. The summed E-state index contributed by atoms with van der Waals surface area (Å²) in [6.45, 7) is 11.8. The molecule has 1 aliphatic rings. The minimum Gasteiger partial charge on any atom is -0.371 e. The summed E-state index contributed by atoms with van der Waals surface area (Å²) in [5.41, 5.74) is 4.92. The lowest BCUT2D eigenvalue weighted by atomic mass is 9.95. The minimum absolute atomic E-state index is 0.0580. The van der Waals surface area contributed by atoms with Gasteiger partial charge in [-0.3, -0.25) is 9.59 Å². The summed E-state index contributed by atoms with van der Waals surface area (Å²) in [5.74, 6) is 1.65. The highest BCUT2D eigenvalue weighted by atomic mass is 35.5. The van der Waals surface area contributed by atoms with E-state index >= 15 is 0 Å². The first-order valence-corrected chi connectivity index (χ1v) is 15.8. The van der Waals surface area contributed by atoms with E-state index in [0.29, 0.717) is 45.8 Å². The molecule has 5 rings (SSSR count). The highest BCUT2D eigenvalue weighted by molar-refractivity contribution is 6.36. The van der Waals surface area contributed by atoms with Crippen LogP contribution < -0.4 is 15.5 Å². The van der Waals surface area contributed by atoms with Crippen LogP contribution in [0.2, 0.25) is 10.0 Å². The van der Waals surface area contributed by atoms with Gasteiger partial charge in [0.1, 0.15) is 11.6 Å². The van der Waals surface area contributed by atoms with Gasteiger partial charge in [-0.05, 0) is 67.1 Å². The zero-order valence-electron chi connectivity index (χ0n) is 26.2. The lowest BCUT2D eigenvalue weighted by Gasteiger charge is -2.33. The molecule has 44 heavy (non-hydrogen) atoms. The topological polar surface area (TPSA) is 92.2 Å². The number of fused-ring (bicyclic) bond motifs is 1. The third kappa shape index (κ3) is 6.87. The van der Waals surface area contributed by atoms with Crippen molar-refractivity contribution in [3.63, 3.8) is 0 Å². The fourth-order valence-corrected chi connectivity index (χ4v) is 6.04. The second-order valence-corrected chi connectivity index (χ2v) is 13.6. The monoisotopic (exact) mass is 634 g/mol. The summed E-state index contributed by atoms with van der Waals surface area (Å²) in [6, 6.07) is 13.2. The van der Waals surface area contributed by atoms with Crippen LogP contribution in [0.4, 0.5) is 11.5 Å². The molecule has 1 saturated heterocycles. The first kappa shape index (κ1) is 31.8. The van der Waals surface area contributed by atoms with Crippen LogP contribution in [0.15, 0.2) is 42.5 Å². The zero-order valence-corrected chi connectivity index (χ0v) is 27.7. The molecule has 0 unspecified atom stereocenters. The molecule has 8 nitrogen and oxygen atoms in total. The summed E-state index contributed by atoms with van der Waals surface area (Å²) in [5, 5.41) is 6.99. The lowest BCUT2D eigenvalue weighted by Crippen LogP contribution is -2.34. The largest absolute Gasteiger partial charge is 0.371 e. The molecule has 0 radical (unpaired) electrons. The Hall–Kier alpha value is -3.62. The molecule has 2 aromatic carbocycles. The molecule has 0 saturated carbocycles. The van der Waals surface area contributed by atoms with E-state index < -0.39 is 5.41 Å². The Morgan fingerprint density at radius 1 is 1.05 bits per heavy atom. The number of pyridine rings is 1. The Morgan fingerprint density at radius 3 is 2.45 bits per heavy atom. The van der Waals surface area contributed by atoms with E-state index in [9.17, 15) is 9.59 Å². The highest BCUT2D eigenvalue weighted by Gasteiger charge is 2.25. The quantitative estimate of drug-likeness (QED) is 0.222. The molecule has 4 aromatic rings. The van der Waals surface area contributed by atoms with Crippen LogP contribution in [-0.4, -0.2) is 39.4 Å². The second-order valence-electron chi connectivity index (χ2n) is 12.8. The van der Waals surface area contributed by atoms with Gasteiger partial charge in [0.05, 0.1) is 27.3 Å². The highest BCUT2D eigenvalue weighted by Crippen LogP contribution is 2.34. The van der Waals surface area contributed by atoms with Crippen LogP contribution in [0.25, 0.3) is 11.0 Å². The Labute approximate surface area is 269 Å². The summed E-state index contributed by atoms with van der Waals surface area (Å²) in [7, 11) is 1.97. The second kappa shape index (κ2) is 12.8. The maximum absolute atomic E-state index is 13.7. The van der Waals surface area contributed by atoms with Gasteiger partial charge < -0.3 is 20.1 Å². The molecule has 1 fully saturated rings. The number of hydrogen-bond donors (Lipinski definition) is 2. The van der Waals surface area contributed by atoms with Crippen molar-refractivity contribution in [3.8, 4) is 0 Å². The SMILES string of the molecule is Cc1cccc(NC(=O)c2cc3nc(Cc4c(Cl)ccc(CNC(=O)C(C)(C)C)c4Cl)n(C)c3cc2N2CCC(C)CC2)n1. The number of hydrogen-bond acceptors (Lipinski definition) is 5. The maximum atomic E-state index is 13.7. The number of imidazole rings is 1. The number of halogens is 2. The summed E-state index contributed by atoms with van der Waals surface area (Å²) < 4.78 is 2.04.